The number of likely N-dealkylation sites (N-methyl/N-ethyl adjacent to an activating group) is 1. The number of hydrogen-bond acceptors (Lipinski definition) is 2. The van der Waals surface area contributed by atoms with E-state index < -0.39 is 23.3 Å². The zero-order valence-electron chi connectivity index (χ0n) is 13.4. The summed E-state index contributed by atoms with van der Waals surface area (Å²) in [6.45, 7) is -0.140. The van der Waals surface area contributed by atoms with Crippen molar-refractivity contribution >= 4 is 16.9 Å². The van der Waals surface area contributed by atoms with Crippen LogP contribution in [0.2, 0.25) is 0 Å². The van der Waals surface area contributed by atoms with E-state index in [2.05, 4.69) is 4.98 Å². The minimum absolute atomic E-state index is 0.00158. The maximum Gasteiger partial charge on any atom is 0.241 e. The third kappa shape index (κ3) is 2.95. The van der Waals surface area contributed by atoms with E-state index in [0.29, 0.717) is 0 Å². The number of carbonyl (C=O) groups is 1. The highest BCUT2D eigenvalue weighted by molar-refractivity contribution is 5.84. The number of carbonyl (C=O) groups excluding carboxylic acids is 1. The first-order valence-corrected chi connectivity index (χ1v) is 7.28. The monoisotopic (exact) mass is 351 g/mol. The molecule has 0 atom stereocenters. The first-order valence-electron chi connectivity index (χ1n) is 7.28. The van der Waals surface area contributed by atoms with Gasteiger partial charge in [-0.3, -0.25) is 9.78 Å². The molecule has 0 aliphatic heterocycles. The van der Waals surface area contributed by atoms with Crippen LogP contribution in [0.25, 0.3) is 22.2 Å². The first kappa shape index (κ1) is 16.9. The molecule has 25 heavy (non-hydrogen) atoms. The molecule has 0 aliphatic rings. The van der Waals surface area contributed by atoms with E-state index in [4.69, 9.17) is 0 Å². The van der Waals surface area contributed by atoms with Gasteiger partial charge in [0.2, 0.25) is 5.91 Å². The van der Waals surface area contributed by atoms with Crippen molar-refractivity contribution in [3.8, 4) is 11.1 Å². The van der Waals surface area contributed by atoms with E-state index in [1.54, 1.807) is 14.1 Å². The number of amides is 1. The third-order valence-electron chi connectivity index (χ3n) is 3.82. The smallest absolute Gasteiger partial charge is 0.241 e. The van der Waals surface area contributed by atoms with Crippen molar-refractivity contribution in [1.29, 1.82) is 0 Å². The molecule has 130 valence electrons. The Balaban J connectivity index is 2.14. The highest BCUT2D eigenvalue weighted by atomic mass is 19.2. The van der Waals surface area contributed by atoms with Crippen LogP contribution in [0.4, 0.5) is 17.6 Å². The molecule has 0 unspecified atom stereocenters. The minimum atomic E-state index is -1.60. The molecule has 3 rings (SSSR count). The average molecular weight is 351 g/mol. The fourth-order valence-electron chi connectivity index (χ4n) is 2.44. The van der Waals surface area contributed by atoms with Crippen LogP contribution in [-0.4, -0.2) is 34.5 Å². The van der Waals surface area contributed by atoms with Crippen molar-refractivity contribution in [3.05, 3.63) is 53.9 Å². The van der Waals surface area contributed by atoms with Crippen LogP contribution in [0.15, 0.2) is 30.6 Å². The highest BCUT2D eigenvalue weighted by Crippen LogP contribution is 2.29. The van der Waals surface area contributed by atoms with Crippen molar-refractivity contribution in [2.45, 2.75) is 6.54 Å². The van der Waals surface area contributed by atoms with E-state index in [1.807, 2.05) is 0 Å². The van der Waals surface area contributed by atoms with Crippen LogP contribution in [-0.2, 0) is 11.3 Å². The average Bonchev–Trinajstić information content (AvgIpc) is 2.88. The summed E-state index contributed by atoms with van der Waals surface area (Å²) >= 11 is 0. The number of nitrogens with zero attached hydrogens (tertiary/aromatic N) is 3. The van der Waals surface area contributed by atoms with Crippen molar-refractivity contribution in [1.82, 2.24) is 14.5 Å². The number of rotatable bonds is 3. The third-order valence-corrected chi connectivity index (χ3v) is 3.82. The summed E-state index contributed by atoms with van der Waals surface area (Å²) in [4.78, 5) is 17.1. The van der Waals surface area contributed by atoms with Crippen LogP contribution in [0, 0.1) is 23.3 Å². The Morgan fingerprint density at radius 1 is 1.12 bits per heavy atom. The molecule has 0 bridgehead atoms. The Kier molecular flexibility index (Phi) is 4.20. The topological polar surface area (TPSA) is 38.1 Å². The van der Waals surface area contributed by atoms with Crippen LogP contribution in [0.5, 0.6) is 0 Å². The lowest BCUT2D eigenvalue weighted by Crippen LogP contribution is -2.25. The number of benzene rings is 1. The van der Waals surface area contributed by atoms with Gasteiger partial charge in [-0.1, -0.05) is 0 Å². The SMILES string of the molecule is CN(C)C(=O)Cn1cc(F)c2ncc(-c3ccc(F)c(F)c3F)cc21. The summed E-state index contributed by atoms with van der Waals surface area (Å²) in [5.74, 6) is -5.17. The van der Waals surface area contributed by atoms with Gasteiger partial charge in [0.25, 0.3) is 0 Å². The molecule has 3 aromatic rings. The van der Waals surface area contributed by atoms with Gasteiger partial charge in [-0.05, 0) is 18.2 Å². The molecular weight excluding hydrogens is 338 g/mol. The highest BCUT2D eigenvalue weighted by Gasteiger charge is 2.18. The molecule has 0 N–H and O–H groups in total. The summed E-state index contributed by atoms with van der Waals surface area (Å²) < 4.78 is 55.9. The maximum absolute atomic E-state index is 14.0. The van der Waals surface area contributed by atoms with Crippen LogP contribution >= 0.6 is 0 Å². The maximum atomic E-state index is 14.0. The molecule has 8 heteroatoms. The van der Waals surface area contributed by atoms with Gasteiger partial charge in [-0.25, -0.2) is 17.6 Å². The Morgan fingerprint density at radius 2 is 1.84 bits per heavy atom. The molecule has 0 spiro atoms. The first-order chi connectivity index (χ1) is 11.8. The minimum Gasteiger partial charge on any atom is -0.347 e. The Morgan fingerprint density at radius 3 is 2.52 bits per heavy atom. The van der Waals surface area contributed by atoms with Crippen LogP contribution in [0.1, 0.15) is 0 Å². The molecule has 1 aromatic carbocycles. The van der Waals surface area contributed by atoms with Gasteiger partial charge in [0, 0.05) is 37.6 Å². The second-order valence-electron chi connectivity index (χ2n) is 5.71. The predicted octanol–water partition coefficient (Wildman–Crippen LogP) is 3.35. The van der Waals surface area contributed by atoms with Gasteiger partial charge >= 0.3 is 0 Å². The molecule has 4 nitrogen and oxygen atoms in total. The lowest BCUT2D eigenvalue weighted by Gasteiger charge is -2.12. The van der Waals surface area contributed by atoms with Gasteiger partial charge in [-0.2, -0.15) is 0 Å². The number of aromatic nitrogens is 2. The number of fused-ring (bicyclic) bond motifs is 1. The molecule has 0 fully saturated rings. The standard InChI is InChI=1S/C17H13F4N3O/c1-23(2)14(25)8-24-7-12(19)17-13(24)5-9(6-22-17)10-3-4-11(18)16(21)15(10)20/h3-7H,8H2,1-2H3. The molecule has 1 amide bonds. The zero-order valence-corrected chi connectivity index (χ0v) is 13.4. The van der Waals surface area contributed by atoms with E-state index in [9.17, 15) is 22.4 Å². The van der Waals surface area contributed by atoms with Crippen LogP contribution < -0.4 is 0 Å². The quantitative estimate of drug-likeness (QED) is 0.536. The molecule has 2 heterocycles. The number of halogens is 4. The van der Waals surface area contributed by atoms with E-state index in [-0.39, 0.29) is 34.6 Å². The number of hydrogen-bond donors (Lipinski definition) is 0. The fraction of sp³-hybridized carbons (Fsp3) is 0.176. The molecule has 0 radical (unpaired) electrons. The van der Waals surface area contributed by atoms with Crippen LogP contribution in [0.3, 0.4) is 0 Å². The Hall–Kier alpha value is -2.90. The van der Waals surface area contributed by atoms with Gasteiger partial charge in [0.05, 0.1) is 5.52 Å². The summed E-state index contributed by atoms with van der Waals surface area (Å²) in [6.07, 6.45) is 2.28. The summed E-state index contributed by atoms with van der Waals surface area (Å²) in [5, 5.41) is 0. The molecule has 0 aliphatic carbocycles. The summed E-state index contributed by atoms with van der Waals surface area (Å²) in [5.41, 5.74) is 0.175. The Bertz CT molecular complexity index is 982. The molecule has 0 saturated carbocycles. The van der Waals surface area contributed by atoms with Gasteiger partial charge in [0.15, 0.2) is 23.3 Å². The van der Waals surface area contributed by atoms with Crippen molar-refractivity contribution in [3.63, 3.8) is 0 Å². The Labute approximate surface area is 140 Å². The molecule has 0 saturated heterocycles. The fourth-order valence-corrected chi connectivity index (χ4v) is 2.44. The zero-order chi connectivity index (χ0) is 18.3. The second-order valence-corrected chi connectivity index (χ2v) is 5.71. The van der Waals surface area contributed by atoms with E-state index in [1.165, 1.54) is 21.7 Å². The van der Waals surface area contributed by atoms with Gasteiger partial charge < -0.3 is 9.47 Å². The molecular formula is C17H13F4N3O. The van der Waals surface area contributed by atoms with E-state index >= 15 is 0 Å². The van der Waals surface area contributed by atoms with Gasteiger partial charge in [-0.15, -0.1) is 0 Å². The predicted molar refractivity (Wildman–Crippen MR) is 83.7 cm³/mol. The summed E-state index contributed by atoms with van der Waals surface area (Å²) in [7, 11) is 3.12. The number of pyridine rings is 1. The van der Waals surface area contributed by atoms with Gasteiger partial charge in [0.1, 0.15) is 12.1 Å². The van der Waals surface area contributed by atoms with Crippen molar-refractivity contribution in [2.75, 3.05) is 14.1 Å². The van der Waals surface area contributed by atoms with E-state index in [0.717, 1.165) is 18.3 Å². The second kappa shape index (κ2) is 6.19. The largest absolute Gasteiger partial charge is 0.347 e. The molecule has 2 aromatic heterocycles. The lowest BCUT2D eigenvalue weighted by atomic mass is 10.1. The lowest BCUT2D eigenvalue weighted by molar-refractivity contribution is -0.129. The van der Waals surface area contributed by atoms with Crippen molar-refractivity contribution < 1.29 is 22.4 Å². The summed E-state index contributed by atoms with van der Waals surface area (Å²) in [6, 6.07) is 3.25. The normalized spacial score (nSPS) is 11.1. The van der Waals surface area contributed by atoms with Crippen molar-refractivity contribution in [2.24, 2.45) is 0 Å².